The van der Waals surface area contributed by atoms with Gasteiger partial charge in [-0.2, -0.15) is 0 Å². The lowest BCUT2D eigenvalue weighted by Crippen LogP contribution is -2.58. The standard InChI is InChI=1S/C21H25N3O4S/c1-13-3-2-4-16(9-13)23-20(28)22-12-18(25)24-7-8-29-21(24,19(26)27)17-11-14-5-6-15(17)10-14/h2-6,9,14-15,17H,7-8,10-12H2,1H3,(H,26,27)(H2,22,23,28). The summed E-state index contributed by atoms with van der Waals surface area (Å²) in [6.45, 7) is 2.08. The molecule has 0 spiro atoms. The maximum atomic E-state index is 12.9. The van der Waals surface area contributed by atoms with Crippen LogP contribution in [-0.2, 0) is 9.59 Å². The van der Waals surface area contributed by atoms with Crippen molar-refractivity contribution in [2.24, 2.45) is 17.8 Å². The fourth-order valence-corrected chi connectivity index (χ4v) is 6.41. The first kappa shape index (κ1) is 19.8. The van der Waals surface area contributed by atoms with E-state index >= 15 is 0 Å². The number of allylic oxidation sites excluding steroid dienone is 2. The predicted molar refractivity (Wildman–Crippen MR) is 112 cm³/mol. The summed E-state index contributed by atoms with van der Waals surface area (Å²) in [4.78, 5) is 37.7. The third kappa shape index (κ3) is 3.61. The number of carbonyl (C=O) groups is 3. The van der Waals surface area contributed by atoms with Crippen molar-refractivity contribution in [1.29, 1.82) is 0 Å². The normalized spacial score (nSPS) is 29.8. The highest BCUT2D eigenvalue weighted by molar-refractivity contribution is 8.01. The molecule has 1 saturated carbocycles. The van der Waals surface area contributed by atoms with E-state index in [1.807, 2.05) is 25.1 Å². The number of aliphatic carboxylic acids is 1. The summed E-state index contributed by atoms with van der Waals surface area (Å²) in [5, 5.41) is 15.4. The van der Waals surface area contributed by atoms with Gasteiger partial charge in [-0.15, -0.1) is 11.8 Å². The molecule has 1 saturated heterocycles. The van der Waals surface area contributed by atoms with Crippen molar-refractivity contribution in [3.05, 3.63) is 42.0 Å². The summed E-state index contributed by atoms with van der Waals surface area (Å²) in [5.41, 5.74) is 1.65. The van der Waals surface area contributed by atoms with Crippen LogP contribution >= 0.6 is 11.8 Å². The van der Waals surface area contributed by atoms with Crippen molar-refractivity contribution in [3.63, 3.8) is 0 Å². The Kier molecular flexibility index (Phi) is 5.29. The van der Waals surface area contributed by atoms with Crippen molar-refractivity contribution in [3.8, 4) is 0 Å². The molecule has 154 valence electrons. The quantitative estimate of drug-likeness (QED) is 0.642. The number of amides is 3. The van der Waals surface area contributed by atoms with Gasteiger partial charge in [-0.25, -0.2) is 9.59 Å². The summed E-state index contributed by atoms with van der Waals surface area (Å²) in [5.74, 6) is -0.197. The highest BCUT2D eigenvalue weighted by Gasteiger charge is 2.60. The van der Waals surface area contributed by atoms with Gasteiger partial charge in [0.05, 0.1) is 6.54 Å². The third-order valence-electron chi connectivity index (χ3n) is 6.10. The molecule has 0 aromatic heterocycles. The molecular formula is C21H25N3O4S. The minimum atomic E-state index is -1.24. The van der Waals surface area contributed by atoms with E-state index in [0.29, 0.717) is 23.9 Å². The van der Waals surface area contributed by atoms with Crippen LogP contribution in [0.1, 0.15) is 18.4 Å². The van der Waals surface area contributed by atoms with Crippen molar-refractivity contribution in [2.45, 2.75) is 24.6 Å². The van der Waals surface area contributed by atoms with Gasteiger partial charge in [0, 0.05) is 23.9 Å². The van der Waals surface area contributed by atoms with Crippen LogP contribution in [0, 0.1) is 24.7 Å². The number of hydrogen-bond acceptors (Lipinski definition) is 4. The van der Waals surface area contributed by atoms with Gasteiger partial charge >= 0.3 is 12.0 Å². The van der Waals surface area contributed by atoms with Crippen LogP contribution < -0.4 is 10.6 Å². The van der Waals surface area contributed by atoms with Crippen LogP contribution in [0.3, 0.4) is 0 Å². The van der Waals surface area contributed by atoms with Gasteiger partial charge in [-0.1, -0.05) is 24.3 Å². The Morgan fingerprint density at radius 1 is 1.28 bits per heavy atom. The summed E-state index contributed by atoms with van der Waals surface area (Å²) in [7, 11) is 0. The SMILES string of the molecule is Cc1cccc(NC(=O)NCC(=O)N2CCSC2(C(=O)O)C2CC3C=CC2C3)c1. The summed E-state index contributed by atoms with van der Waals surface area (Å²) < 4.78 is 0. The maximum Gasteiger partial charge on any atom is 0.340 e. The Labute approximate surface area is 173 Å². The van der Waals surface area contributed by atoms with Crippen molar-refractivity contribution >= 4 is 35.4 Å². The number of carboxylic acids is 1. The molecule has 3 N–H and O–H groups in total. The Balaban J connectivity index is 1.42. The number of nitrogens with one attached hydrogen (secondary N) is 2. The van der Waals surface area contributed by atoms with E-state index in [4.69, 9.17) is 0 Å². The van der Waals surface area contributed by atoms with Crippen LogP contribution in [0.4, 0.5) is 10.5 Å². The van der Waals surface area contributed by atoms with Crippen LogP contribution in [0.15, 0.2) is 36.4 Å². The zero-order valence-electron chi connectivity index (χ0n) is 16.3. The minimum Gasteiger partial charge on any atom is -0.479 e. The van der Waals surface area contributed by atoms with Crippen LogP contribution in [0.25, 0.3) is 0 Å². The number of nitrogens with zero attached hydrogens (tertiary/aromatic N) is 1. The molecule has 29 heavy (non-hydrogen) atoms. The summed E-state index contributed by atoms with van der Waals surface area (Å²) in [6.07, 6.45) is 6.04. The average molecular weight is 416 g/mol. The molecule has 7 nitrogen and oxygen atoms in total. The van der Waals surface area contributed by atoms with E-state index in [0.717, 1.165) is 18.4 Å². The highest BCUT2D eigenvalue weighted by Crippen LogP contribution is 2.55. The topological polar surface area (TPSA) is 98.7 Å². The number of urea groups is 1. The van der Waals surface area contributed by atoms with Crippen molar-refractivity contribution in [1.82, 2.24) is 10.2 Å². The van der Waals surface area contributed by atoms with Gasteiger partial charge in [0.25, 0.3) is 0 Å². The number of anilines is 1. The molecule has 2 fully saturated rings. The second kappa shape index (κ2) is 7.74. The molecular weight excluding hydrogens is 390 g/mol. The van der Waals surface area contributed by atoms with Gasteiger partial charge in [0.1, 0.15) is 0 Å². The first-order chi connectivity index (χ1) is 13.9. The van der Waals surface area contributed by atoms with Crippen LogP contribution in [0.2, 0.25) is 0 Å². The lowest BCUT2D eigenvalue weighted by Gasteiger charge is -2.41. The fraction of sp³-hybridized carbons (Fsp3) is 0.476. The lowest BCUT2D eigenvalue weighted by atomic mass is 9.85. The monoisotopic (exact) mass is 415 g/mol. The number of thioether (sulfide) groups is 1. The molecule has 3 amide bonds. The highest BCUT2D eigenvalue weighted by atomic mass is 32.2. The van der Waals surface area contributed by atoms with Gasteiger partial charge in [-0.3, -0.25) is 4.79 Å². The number of carbonyl (C=O) groups excluding carboxylic acids is 2. The molecule has 1 aromatic rings. The average Bonchev–Trinajstić information content (AvgIpc) is 3.41. The third-order valence-corrected chi connectivity index (χ3v) is 7.63. The molecule has 2 bridgehead atoms. The first-order valence-electron chi connectivity index (χ1n) is 9.88. The molecule has 2 aliphatic carbocycles. The first-order valence-corrected chi connectivity index (χ1v) is 10.9. The molecule has 4 rings (SSSR count). The Hall–Kier alpha value is -2.48. The molecule has 4 unspecified atom stereocenters. The molecule has 1 aliphatic heterocycles. The van der Waals surface area contributed by atoms with Crippen LogP contribution in [0.5, 0.6) is 0 Å². The zero-order chi connectivity index (χ0) is 20.6. The Morgan fingerprint density at radius 3 is 2.76 bits per heavy atom. The van der Waals surface area contributed by atoms with Gasteiger partial charge in [0.2, 0.25) is 5.91 Å². The van der Waals surface area contributed by atoms with Gasteiger partial charge in [-0.05, 0) is 49.3 Å². The van der Waals surface area contributed by atoms with Crippen molar-refractivity contribution < 1.29 is 19.5 Å². The van der Waals surface area contributed by atoms with Crippen molar-refractivity contribution in [2.75, 3.05) is 24.2 Å². The Bertz CT molecular complexity index is 873. The molecule has 4 atom stereocenters. The maximum absolute atomic E-state index is 12.9. The largest absolute Gasteiger partial charge is 0.479 e. The molecule has 0 radical (unpaired) electrons. The molecule has 1 aromatic carbocycles. The summed E-state index contributed by atoms with van der Waals surface area (Å²) in [6, 6.07) is 6.87. The summed E-state index contributed by atoms with van der Waals surface area (Å²) >= 11 is 1.35. The number of rotatable bonds is 5. The lowest BCUT2D eigenvalue weighted by molar-refractivity contribution is -0.154. The van der Waals surface area contributed by atoms with E-state index < -0.39 is 16.9 Å². The molecule has 1 heterocycles. The Morgan fingerprint density at radius 2 is 2.10 bits per heavy atom. The minimum absolute atomic E-state index is 0.0902. The second-order valence-corrected chi connectivity index (χ2v) is 9.28. The fourth-order valence-electron chi connectivity index (χ4n) is 4.87. The van der Waals surface area contributed by atoms with Gasteiger partial charge in [0.15, 0.2) is 4.87 Å². The zero-order valence-corrected chi connectivity index (χ0v) is 17.1. The van der Waals surface area contributed by atoms with E-state index in [-0.39, 0.29) is 24.3 Å². The van der Waals surface area contributed by atoms with Gasteiger partial charge < -0.3 is 20.6 Å². The number of fused-ring (bicyclic) bond motifs is 2. The predicted octanol–water partition coefficient (Wildman–Crippen LogP) is 2.69. The van der Waals surface area contributed by atoms with Crippen LogP contribution in [-0.4, -0.2) is 51.6 Å². The van der Waals surface area contributed by atoms with E-state index in [1.165, 1.54) is 16.7 Å². The number of benzene rings is 1. The number of carboxylic acid groups (broad SMARTS) is 1. The molecule has 3 aliphatic rings. The van der Waals surface area contributed by atoms with E-state index in [9.17, 15) is 19.5 Å². The molecule has 8 heteroatoms. The van der Waals surface area contributed by atoms with E-state index in [1.54, 1.807) is 6.07 Å². The second-order valence-electron chi connectivity index (χ2n) is 7.96. The van der Waals surface area contributed by atoms with E-state index in [2.05, 4.69) is 22.8 Å². The smallest absolute Gasteiger partial charge is 0.340 e. The number of aryl methyl sites for hydroxylation is 1. The number of hydrogen-bond donors (Lipinski definition) is 3.